The van der Waals surface area contributed by atoms with Gasteiger partial charge in [-0.25, -0.2) is 0 Å². The van der Waals surface area contributed by atoms with E-state index in [0.717, 1.165) is 6.07 Å². The number of benzene rings is 2. The zero-order chi connectivity index (χ0) is 23.3. The topological polar surface area (TPSA) is 201 Å². The van der Waals surface area contributed by atoms with Gasteiger partial charge in [0.05, 0.1) is 18.3 Å². The second-order valence-corrected chi connectivity index (χ2v) is 7.94. The molecule has 0 saturated carbocycles. The number of phenols is 4. The van der Waals surface area contributed by atoms with Crippen LogP contribution >= 0.6 is 0 Å². The van der Waals surface area contributed by atoms with Crippen molar-refractivity contribution in [1.82, 2.24) is 0 Å². The summed E-state index contributed by atoms with van der Waals surface area (Å²) in [6.45, 7) is -0.684. The third-order valence-corrected chi connectivity index (χ3v) is 5.90. The van der Waals surface area contributed by atoms with Crippen LogP contribution in [0, 0.1) is 0 Å². The van der Waals surface area contributed by atoms with Crippen LogP contribution in [0.2, 0.25) is 0 Å². The quantitative estimate of drug-likeness (QED) is 0.260. The number of rotatable bonds is 3. The highest BCUT2D eigenvalue weighted by Gasteiger charge is 2.46. The highest BCUT2D eigenvalue weighted by atomic mass is 16.5. The number of aliphatic hydroxyl groups is 5. The summed E-state index contributed by atoms with van der Waals surface area (Å²) in [6, 6.07) is 5.03. The Bertz CT molecular complexity index is 1010. The minimum atomic E-state index is -1.73. The van der Waals surface area contributed by atoms with E-state index in [-0.39, 0.29) is 29.0 Å². The Kier molecular flexibility index (Phi) is 5.79. The van der Waals surface area contributed by atoms with Gasteiger partial charge in [0.1, 0.15) is 53.9 Å². The van der Waals surface area contributed by atoms with Gasteiger partial charge in [0.25, 0.3) is 0 Å². The third-order valence-electron chi connectivity index (χ3n) is 5.90. The minimum absolute atomic E-state index is 0.0243. The molecule has 32 heavy (non-hydrogen) atoms. The maximum atomic E-state index is 10.8. The Morgan fingerprint density at radius 1 is 0.812 bits per heavy atom. The van der Waals surface area contributed by atoms with E-state index in [1.165, 1.54) is 18.2 Å². The van der Waals surface area contributed by atoms with Crippen LogP contribution in [-0.2, 0) is 11.2 Å². The molecule has 11 nitrogen and oxygen atoms in total. The maximum absolute atomic E-state index is 10.8. The summed E-state index contributed by atoms with van der Waals surface area (Å²) >= 11 is 0. The molecule has 0 amide bonds. The van der Waals surface area contributed by atoms with Crippen molar-refractivity contribution in [3.63, 3.8) is 0 Å². The van der Waals surface area contributed by atoms with Gasteiger partial charge in [0, 0.05) is 18.1 Å². The van der Waals surface area contributed by atoms with Gasteiger partial charge in [-0.3, -0.25) is 0 Å². The summed E-state index contributed by atoms with van der Waals surface area (Å²) in [7, 11) is 0. The van der Waals surface area contributed by atoms with Gasteiger partial charge in [0.15, 0.2) is 11.5 Å². The van der Waals surface area contributed by atoms with Crippen LogP contribution in [0.4, 0.5) is 0 Å². The molecule has 9 N–H and O–H groups in total. The summed E-state index contributed by atoms with van der Waals surface area (Å²) in [5.41, 5.74) is 0.147. The second-order valence-electron chi connectivity index (χ2n) is 7.94. The molecular formula is C21H24O11. The fraction of sp³-hybridized carbons (Fsp3) is 0.429. The fourth-order valence-corrected chi connectivity index (χ4v) is 4.15. The Morgan fingerprint density at radius 2 is 1.53 bits per heavy atom. The molecule has 0 aliphatic carbocycles. The van der Waals surface area contributed by atoms with Crippen LogP contribution in [0.15, 0.2) is 24.3 Å². The zero-order valence-corrected chi connectivity index (χ0v) is 16.6. The van der Waals surface area contributed by atoms with E-state index in [0.29, 0.717) is 5.56 Å². The minimum Gasteiger partial charge on any atom is -0.507 e. The molecule has 0 aromatic heterocycles. The molecule has 1 saturated heterocycles. The van der Waals surface area contributed by atoms with Gasteiger partial charge in [0.2, 0.25) is 0 Å². The molecule has 4 rings (SSSR count). The number of hydrogen-bond donors (Lipinski definition) is 9. The fourth-order valence-electron chi connectivity index (χ4n) is 4.15. The van der Waals surface area contributed by atoms with E-state index in [1.807, 2.05) is 0 Å². The molecule has 174 valence electrons. The largest absolute Gasteiger partial charge is 0.507 e. The van der Waals surface area contributed by atoms with Crippen LogP contribution in [0.1, 0.15) is 28.9 Å². The van der Waals surface area contributed by atoms with Gasteiger partial charge in [-0.05, 0) is 17.7 Å². The highest BCUT2D eigenvalue weighted by molar-refractivity contribution is 5.59. The van der Waals surface area contributed by atoms with Crippen molar-refractivity contribution in [1.29, 1.82) is 0 Å². The second kappa shape index (κ2) is 8.28. The van der Waals surface area contributed by atoms with E-state index < -0.39 is 66.6 Å². The molecule has 2 aromatic rings. The molecule has 0 unspecified atom stereocenters. The number of aromatic hydroxyl groups is 4. The van der Waals surface area contributed by atoms with Gasteiger partial charge in [-0.1, -0.05) is 6.07 Å². The van der Waals surface area contributed by atoms with Gasteiger partial charge in [-0.15, -0.1) is 0 Å². The normalized spacial score (nSPS) is 32.2. The Balaban J connectivity index is 1.70. The summed E-state index contributed by atoms with van der Waals surface area (Å²) in [5.74, 6) is -1.83. The van der Waals surface area contributed by atoms with E-state index in [2.05, 4.69) is 0 Å². The van der Waals surface area contributed by atoms with Crippen LogP contribution in [0.3, 0.4) is 0 Å². The summed E-state index contributed by atoms with van der Waals surface area (Å²) in [4.78, 5) is 0. The van der Waals surface area contributed by atoms with Gasteiger partial charge < -0.3 is 55.4 Å². The van der Waals surface area contributed by atoms with Crippen molar-refractivity contribution < 1.29 is 55.4 Å². The highest BCUT2D eigenvalue weighted by Crippen LogP contribution is 2.49. The molecule has 2 aliphatic heterocycles. The van der Waals surface area contributed by atoms with E-state index in [9.17, 15) is 46.0 Å². The smallest absolute Gasteiger partial charge is 0.157 e. The van der Waals surface area contributed by atoms with Crippen molar-refractivity contribution in [3.05, 3.63) is 41.0 Å². The molecular weight excluding hydrogens is 428 g/mol. The Morgan fingerprint density at radius 3 is 2.19 bits per heavy atom. The van der Waals surface area contributed by atoms with Gasteiger partial charge in [-0.2, -0.15) is 0 Å². The van der Waals surface area contributed by atoms with E-state index in [1.54, 1.807) is 0 Å². The number of ether oxygens (including phenoxy) is 2. The molecule has 11 heteroatoms. The zero-order valence-electron chi connectivity index (χ0n) is 16.6. The molecule has 7 atom stereocenters. The number of aliphatic hydroxyl groups excluding tert-OH is 5. The summed E-state index contributed by atoms with van der Waals surface area (Å²) in [5, 5.41) is 90.9. The molecule has 0 spiro atoms. The standard InChI is InChI=1S/C21H24O11/c22-6-14-17(28)18(29)19(30)21(32-14)15-11(25)5-13-8(16(15)27)4-12(26)20(31-13)7-1-2-9(23)10(24)3-7/h1-3,5,12,14,17-30H,4,6H2/t12-,14+,17-,18-,19+,20-,21-/m0/s1. The van der Waals surface area contributed by atoms with Crippen molar-refractivity contribution in [2.45, 2.75) is 49.1 Å². The van der Waals surface area contributed by atoms with Crippen LogP contribution in [0.5, 0.6) is 28.7 Å². The lowest BCUT2D eigenvalue weighted by atomic mass is 9.87. The predicted octanol–water partition coefficient (Wildman–Crippen LogP) is -0.939. The number of phenolic OH excluding ortho intramolecular Hbond substituents is 4. The summed E-state index contributed by atoms with van der Waals surface area (Å²) in [6.07, 6.45) is -10.1. The SMILES string of the molecule is OC[C@H]1O[C@@H](c2c(O)cc3c(c2O)C[C@H](O)[C@H](c2ccc(O)c(O)c2)O3)[C@H](O)[C@@H](O)[C@H]1O. The average Bonchev–Trinajstić information content (AvgIpc) is 2.76. The Hall–Kier alpha value is -2.80. The van der Waals surface area contributed by atoms with Crippen LogP contribution in [0.25, 0.3) is 0 Å². The van der Waals surface area contributed by atoms with Crippen LogP contribution in [-0.4, -0.2) is 83.1 Å². The Labute approximate surface area is 181 Å². The van der Waals surface area contributed by atoms with Crippen molar-refractivity contribution >= 4 is 0 Å². The number of fused-ring (bicyclic) bond motifs is 1. The third kappa shape index (κ3) is 3.58. The molecule has 1 fully saturated rings. The van der Waals surface area contributed by atoms with Crippen molar-refractivity contribution in [2.75, 3.05) is 6.61 Å². The first-order valence-electron chi connectivity index (χ1n) is 9.88. The lowest BCUT2D eigenvalue weighted by molar-refractivity contribution is -0.232. The summed E-state index contributed by atoms with van der Waals surface area (Å²) < 4.78 is 11.2. The lowest BCUT2D eigenvalue weighted by Crippen LogP contribution is -2.55. The van der Waals surface area contributed by atoms with E-state index in [4.69, 9.17) is 9.47 Å². The van der Waals surface area contributed by atoms with Crippen LogP contribution < -0.4 is 4.74 Å². The average molecular weight is 452 g/mol. The monoisotopic (exact) mass is 452 g/mol. The molecule has 2 aliphatic rings. The van der Waals surface area contributed by atoms with Gasteiger partial charge >= 0.3 is 0 Å². The predicted molar refractivity (Wildman–Crippen MR) is 105 cm³/mol. The molecule has 2 heterocycles. The van der Waals surface area contributed by atoms with Crippen molar-refractivity contribution in [2.24, 2.45) is 0 Å². The first kappa shape index (κ1) is 22.4. The molecule has 0 bridgehead atoms. The lowest BCUT2D eigenvalue weighted by Gasteiger charge is -2.41. The first-order valence-corrected chi connectivity index (χ1v) is 9.88. The number of hydrogen-bond acceptors (Lipinski definition) is 11. The first-order chi connectivity index (χ1) is 15.1. The van der Waals surface area contributed by atoms with Crippen molar-refractivity contribution in [3.8, 4) is 28.7 Å². The van der Waals surface area contributed by atoms with E-state index >= 15 is 0 Å². The molecule has 0 radical (unpaired) electrons. The molecule has 2 aromatic carbocycles. The maximum Gasteiger partial charge on any atom is 0.157 e.